The molecule has 10 aromatic rings. The van der Waals surface area contributed by atoms with Gasteiger partial charge in [-0.15, -0.1) is 0 Å². The summed E-state index contributed by atoms with van der Waals surface area (Å²) >= 11 is 15.7. The zero-order chi connectivity index (χ0) is 104. The molecule has 31 nitrogen and oxygen atoms in total. The number of nitrogen functional groups attached to an aromatic ring is 1. The van der Waals surface area contributed by atoms with Gasteiger partial charge in [0.25, 0.3) is 17.7 Å². The molecule has 3 saturated heterocycles. The van der Waals surface area contributed by atoms with Gasteiger partial charge in [0, 0.05) is 33.6 Å². The average molecular weight is 2210 g/mol. The topological polar surface area (TPSA) is 404 Å². The number of aldehydes is 3. The molecule has 9 aliphatic rings. The maximum absolute atomic E-state index is 14.9. The van der Waals surface area contributed by atoms with E-state index in [1.54, 1.807) is 34.1 Å². The van der Waals surface area contributed by atoms with Crippen LogP contribution in [0.5, 0.6) is 28.7 Å². The van der Waals surface area contributed by atoms with Crippen LogP contribution in [0.2, 0.25) is 5.02 Å². The third-order valence-electron chi connectivity index (χ3n) is 24.0. The number of ether oxygens (including phenoxy) is 9. The lowest BCUT2D eigenvalue weighted by molar-refractivity contribution is -0.384. The van der Waals surface area contributed by atoms with E-state index in [-0.39, 0.29) is 88.7 Å². The molecule has 0 bridgehead atoms. The molecule has 3 amide bonds. The number of rotatable bonds is 21. The molecule has 144 heavy (non-hydrogen) atoms. The van der Waals surface area contributed by atoms with E-state index in [1.165, 1.54) is 72.2 Å². The molecule has 6 fully saturated rings. The first-order chi connectivity index (χ1) is 68.5. The minimum Gasteiger partial charge on any atom is -0.491 e. The first kappa shape index (κ1) is 113. The Hall–Kier alpha value is -11.3. The van der Waals surface area contributed by atoms with Crippen LogP contribution in [0.4, 0.5) is 29.1 Å². The molecule has 0 radical (unpaired) electrons. The summed E-state index contributed by atoms with van der Waals surface area (Å²) in [6, 6.07) is 38.5. The molecule has 6 N–H and O–H groups in total. The molecule has 3 aliphatic carbocycles. The monoisotopic (exact) mass is 2200 g/mol. The van der Waals surface area contributed by atoms with Gasteiger partial charge in [-0.1, -0.05) is 89.7 Å². The van der Waals surface area contributed by atoms with Crippen LogP contribution in [-0.2, 0) is 46.7 Å². The summed E-state index contributed by atoms with van der Waals surface area (Å²) in [4.78, 5) is 95.9. The lowest BCUT2D eigenvalue weighted by atomic mass is 9.78. The number of halogens is 8. The van der Waals surface area contributed by atoms with E-state index >= 15 is 0 Å². The molecular weight excluding hydrogens is 2090 g/mol. The number of carbonyl (C=O) groups excluding carboxylic acids is 6. The van der Waals surface area contributed by atoms with E-state index in [1.807, 2.05) is 118 Å². The molecule has 3 unspecified atom stereocenters. The number of alkyl halides is 1. The van der Waals surface area contributed by atoms with Crippen LogP contribution in [0.1, 0.15) is 224 Å². The van der Waals surface area contributed by atoms with Gasteiger partial charge < -0.3 is 88.1 Å². The number of nitrogens with zero attached hydrogens (tertiary/aromatic N) is 7. The van der Waals surface area contributed by atoms with Crippen molar-refractivity contribution in [2.75, 3.05) is 84.8 Å². The van der Waals surface area contributed by atoms with Gasteiger partial charge in [-0.2, -0.15) is 0 Å². The maximum atomic E-state index is 14.9. The number of hydrogen-bond donors (Lipinski definition) is 5. The van der Waals surface area contributed by atoms with Crippen molar-refractivity contribution in [3.05, 3.63) is 289 Å². The van der Waals surface area contributed by atoms with Gasteiger partial charge >= 0.3 is 12.8 Å². The minimum atomic E-state index is -0.902. The number of anilines is 1. The lowest BCUT2D eigenvalue weighted by Crippen LogP contribution is -2.41. The van der Waals surface area contributed by atoms with Crippen LogP contribution in [0.25, 0.3) is 0 Å². The smallest absolute Gasteiger partial charge is 0.491 e. The number of aromatic nitrogens is 4. The summed E-state index contributed by atoms with van der Waals surface area (Å²) in [5, 5.41) is 39.8. The van der Waals surface area contributed by atoms with Gasteiger partial charge in [-0.25, -0.2) is 32.5 Å². The van der Waals surface area contributed by atoms with Crippen molar-refractivity contribution >= 4 is 120 Å². The van der Waals surface area contributed by atoms with Crippen LogP contribution in [-0.4, -0.2) is 214 Å². The highest BCUT2D eigenvalue weighted by Gasteiger charge is 2.52. The molecular formula is C104H116BBr3ClF4N9O22. The number of hydrogen-bond acceptors (Lipinski definition) is 27. The van der Waals surface area contributed by atoms with Crippen molar-refractivity contribution in [1.29, 1.82) is 0 Å². The number of aliphatic hydroxyl groups excluding tert-OH is 3. The summed E-state index contributed by atoms with van der Waals surface area (Å²) < 4.78 is 119. The van der Waals surface area contributed by atoms with Gasteiger partial charge in [-0.3, -0.25) is 43.9 Å². The zero-order valence-electron chi connectivity index (χ0n) is 81.5. The number of nitrogens with two attached hydrogens (primary N) is 1. The molecule has 6 aromatic carbocycles. The Morgan fingerprint density at radius 3 is 1.40 bits per heavy atom. The molecule has 10 heterocycles. The molecule has 0 spiro atoms. The Morgan fingerprint density at radius 2 is 1.01 bits per heavy atom. The number of carbonyl (C=O) groups is 6. The Bertz CT molecular complexity index is 6080. The highest BCUT2D eigenvalue weighted by atomic mass is 79.9. The molecule has 3 saturated carbocycles. The molecule has 3 atom stereocenters. The van der Waals surface area contributed by atoms with E-state index in [0.29, 0.717) is 149 Å². The predicted octanol–water partition coefficient (Wildman–Crippen LogP) is 18.1. The van der Waals surface area contributed by atoms with Crippen molar-refractivity contribution in [2.45, 2.75) is 192 Å². The third-order valence-corrected chi connectivity index (χ3v) is 25.9. The fourth-order valence-corrected chi connectivity index (χ4v) is 16.7. The van der Waals surface area contributed by atoms with Crippen molar-refractivity contribution in [1.82, 2.24) is 35.1 Å². The van der Waals surface area contributed by atoms with Crippen LogP contribution >= 0.6 is 59.4 Å². The first-order valence-corrected chi connectivity index (χ1v) is 49.6. The second-order valence-electron chi connectivity index (χ2n) is 36.7. The number of nitrogens with one attached hydrogen (secondary N) is 1. The zero-order valence-corrected chi connectivity index (χ0v) is 87.0. The van der Waals surface area contributed by atoms with Crippen molar-refractivity contribution < 1.29 is 119 Å². The van der Waals surface area contributed by atoms with E-state index in [0.717, 1.165) is 103 Å². The van der Waals surface area contributed by atoms with E-state index in [9.17, 15) is 56.4 Å². The fourth-order valence-electron chi connectivity index (χ4n) is 14.9. The van der Waals surface area contributed by atoms with Gasteiger partial charge in [0.05, 0.1) is 80.8 Å². The first-order valence-electron chi connectivity index (χ1n) is 46.5. The van der Waals surface area contributed by atoms with Crippen LogP contribution in [0.15, 0.2) is 167 Å². The van der Waals surface area contributed by atoms with E-state index in [4.69, 9.17) is 84.6 Å². The third kappa shape index (κ3) is 32.8. The standard InChI is InChI=1S/C26H31BFNO4.C20H19BrFNO2.C12H12FNO2.C12H15NO4.C9H11NO4.C8H8Br2.C6H4FNO.C6H12O3.C5H4ClN3O2/c1-16-12-20(27-32-25(2,3)26(4,5)33-27)9-8-18(16)15-29-10-11-31-22-14-19(17-6-7-17)13-21(28)23(22)24(29)30;1-12-8-16(21)5-4-14(12)11-23-6-7-25-18-10-15(13-2-3-13)9-17(22)19(18)20(23)24;13-9-5-8(7-1-2-7)6-10-11(9)12(15)14-3-4-16-10;1-12(2)16-8-11(17-12)7-15-10-4-3-9(6-14)13-5-10;11-4-7-1-2-9(3-10-7)14-6-8(13)5-12;1-6-4-8(10)3-2-7(6)5-9;7-5-1-2-6(4-9)8-3-5;1-6(2)8-4-5(3-7)9-6;6-3-1-2-8-5(7)4(3)9(10)11/h8-9,12-14,17H,6-7,10-11,15H2,1-5H3;4-5,8-10,13H,2-3,6-7,11H2,1H3;5-7H,1-4H2,(H,14,15);3-6,11H,7-8H2,1-2H3;1-4,8,12-13H,5-6H2;2-4H,5H2,1H3;1-4H;5,7H,3-4H2,1-2H3;1-2H,(H2,7,8). The molecule has 4 aromatic heterocycles. The largest absolute Gasteiger partial charge is 0.494 e. The Labute approximate surface area is 862 Å². The van der Waals surface area contributed by atoms with E-state index in [2.05, 4.69) is 98.2 Å². The molecule has 19 rings (SSSR count). The van der Waals surface area contributed by atoms with Gasteiger partial charge in [0.15, 0.2) is 30.4 Å². The number of fused-ring (bicyclic) bond motifs is 3. The number of aryl methyl sites for hydroxylation is 3. The SMILES string of the molecule is CC1(C)OCC(CO)O1.CC1(C)OCC(COc2ccc(C=O)nc2)O1.Cc1cc(B2OC(C)(C)C(C)(C)O2)ccc1CN1CCOc2cc(C3CC3)cc(F)c2C1=O.Cc1cc(Br)ccc1CBr.Cc1cc(Br)ccc1CN1CCOc2cc(C3CC3)cc(F)c2C1=O.Nc1nccc(Cl)c1[N+](=O)[O-].O=C1NCCOc2cc(C3CC3)cc(F)c21.O=Cc1ccc(F)cn1.O=Cc1ccc(OCC(O)CO)cn1. The highest BCUT2D eigenvalue weighted by Crippen LogP contribution is 2.46. The fraction of sp³-hybridized carbons (Fsp3) is 0.404. The summed E-state index contributed by atoms with van der Waals surface area (Å²) in [5.41, 5.74) is 15.8. The number of nitro groups is 1. The second kappa shape index (κ2) is 52.1. The number of pyridine rings is 4. The normalized spacial score (nSPS) is 17.9. The second-order valence-corrected chi connectivity index (χ2v) is 39.5. The Balaban J connectivity index is 0.000000160. The summed E-state index contributed by atoms with van der Waals surface area (Å²) in [6.45, 7) is 26.0. The molecule has 6 aliphatic heterocycles. The lowest BCUT2D eigenvalue weighted by Gasteiger charge is -2.32. The Morgan fingerprint density at radius 1 is 0.576 bits per heavy atom. The van der Waals surface area contributed by atoms with Crippen molar-refractivity contribution in [2.24, 2.45) is 0 Å². The Kier molecular flexibility index (Phi) is 40.9. The predicted molar refractivity (Wildman–Crippen MR) is 541 cm³/mol. The van der Waals surface area contributed by atoms with Crippen LogP contribution in [0, 0.1) is 54.2 Å². The minimum absolute atomic E-state index is 0.00137. The summed E-state index contributed by atoms with van der Waals surface area (Å²) in [5.74, 6) is -0.571. The average Bonchev–Trinajstić information content (AvgIpc) is 1.62. The van der Waals surface area contributed by atoms with E-state index < -0.39 is 64.2 Å². The van der Waals surface area contributed by atoms with Gasteiger partial charge in [0.2, 0.25) is 5.82 Å². The van der Waals surface area contributed by atoms with Crippen LogP contribution in [0.3, 0.4) is 0 Å². The quantitative estimate of drug-likeness (QED) is 0.0111. The maximum Gasteiger partial charge on any atom is 0.494 e. The van der Waals surface area contributed by atoms with Crippen molar-refractivity contribution in [3.63, 3.8) is 0 Å². The summed E-state index contributed by atoms with van der Waals surface area (Å²) in [6.07, 6.45) is 12.5. The molecule has 768 valence electrons. The number of amides is 3. The highest BCUT2D eigenvalue weighted by molar-refractivity contribution is 9.10. The van der Waals surface area contributed by atoms with Crippen LogP contribution < -0.4 is 40.2 Å². The number of aliphatic hydroxyl groups is 3. The van der Waals surface area contributed by atoms with Gasteiger partial charge in [-0.05, 0) is 291 Å². The van der Waals surface area contributed by atoms with Gasteiger partial charge in [0.1, 0.15) is 142 Å². The number of benzene rings is 6. The summed E-state index contributed by atoms with van der Waals surface area (Å²) in [7, 11) is -0.433. The van der Waals surface area contributed by atoms with Crippen molar-refractivity contribution in [3.8, 4) is 28.7 Å². The molecule has 40 heteroatoms.